The Hall–Kier alpha value is -2.04. The molecule has 5 heteroatoms. The SMILES string of the molecule is CCCn1nc(C)c(N)c1N(C)Cc1cccnc1. The maximum Gasteiger partial charge on any atom is 0.150 e. The number of nitrogens with zero attached hydrogens (tertiary/aromatic N) is 4. The van der Waals surface area contributed by atoms with Gasteiger partial charge in [-0.15, -0.1) is 0 Å². The first kappa shape index (κ1) is 13.4. The average molecular weight is 259 g/mol. The molecule has 19 heavy (non-hydrogen) atoms. The van der Waals surface area contributed by atoms with E-state index in [0.717, 1.165) is 42.3 Å². The Bertz CT molecular complexity index is 532. The average Bonchev–Trinajstić information content (AvgIpc) is 2.66. The van der Waals surface area contributed by atoms with Gasteiger partial charge in [0, 0.05) is 32.5 Å². The normalized spacial score (nSPS) is 10.7. The summed E-state index contributed by atoms with van der Waals surface area (Å²) >= 11 is 0. The highest BCUT2D eigenvalue weighted by atomic mass is 15.4. The molecule has 2 rings (SSSR count). The number of aryl methyl sites for hydroxylation is 2. The highest BCUT2D eigenvalue weighted by Gasteiger charge is 2.16. The van der Waals surface area contributed by atoms with Crippen LogP contribution in [0.15, 0.2) is 24.5 Å². The molecule has 5 nitrogen and oxygen atoms in total. The number of nitrogen functional groups attached to an aromatic ring is 1. The van der Waals surface area contributed by atoms with Gasteiger partial charge in [0.15, 0.2) is 5.82 Å². The monoisotopic (exact) mass is 259 g/mol. The van der Waals surface area contributed by atoms with Crippen LogP contribution in [-0.4, -0.2) is 21.8 Å². The van der Waals surface area contributed by atoms with Gasteiger partial charge < -0.3 is 10.6 Å². The van der Waals surface area contributed by atoms with Gasteiger partial charge in [-0.05, 0) is 25.0 Å². The molecule has 102 valence electrons. The summed E-state index contributed by atoms with van der Waals surface area (Å²) in [5.41, 5.74) is 8.96. The third-order valence-electron chi connectivity index (χ3n) is 3.09. The van der Waals surface area contributed by atoms with Crippen molar-refractivity contribution in [1.29, 1.82) is 0 Å². The molecule has 2 aromatic rings. The van der Waals surface area contributed by atoms with Crippen molar-refractivity contribution in [1.82, 2.24) is 14.8 Å². The lowest BCUT2D eigenvalue weighted by molar-refractivity contribution is 0.591. The van der Waals surface area contributed by atoms with Crippen LogP contribution in [-0.2, 0) is 13.1 Å². The molecule has 0 unspecified atom stereocenters. The van der Waals surface area contributed by atoms with E-state index in [0.29, 0.717) is 0 Å². The van der Waals surface area contributed by atoms with Crippen LogP contribution in [0.3, 0.4) is 0 Å². The standard InChI is InChI=1S/C14H21N5/c1-4-8-19-14(13(15)11(2)17-19)18(3)10-12-6-5-7-16-9-12/h5-7,9H,4,8,10,15H2,1-3H3. The molecule has 0 spiro atoms. The van der Waals surface area contributed by atoms with Crippen LogP contribution in [0.4, 0.5) is 11.5 Å². The van der Waals surface area contributed by atoms with Crippen LogP contribution in [0.5, 0.6) is 0 Å². The van der Waals surface area contributed by atoms with Crippen molar-refractivity contribution in [2.45, 2.75) is 33.4 Å². The summed E-state index contributed by atoms with van der Waals surface area (Å²) in [4.78, 5) is 6.26. The van der Waals surface area contributed by atoms with Crippen molar-refractivity contribution >= 4 is 11.5 Å². The van der Waals surface area contributed by atoms with Crippen LogP contribution >= 0.6 is 0 Å². The summed E-state index contributed by atoms with van der Waals surface area (Å²) in [6.45, 7) is 5.73. The van der Waals surface area contributed by atoms with Crippen molar-refractivity contribution in [3.8, 4) is 0 Å². The van der Waals surface area contributed by atoms with E-state index in [4.69, 9.17) is 5.73 Å². The first-order chi connectivity index (χ1) is 9.13. The number of hydrogen-bond acceptors (Lipinski definition) is 4. The molecule has 0 atom stereocenters. The zero-order valence-corrected chi connectivity index (χ0v) is 11.8. The van der Waals surface area contributed by atoms with Gasteiger partial charge in [-0.1, -0.05) is 13.0 Å². The summed E-state index contributed by atoms with van der Waals surface area (Å²) in [6.07, 6.45) is 4.69. The molecular formula is C14H21N5. The van der Waals surface area contributed by atoms with E-state index < -0.39 is 0 Å². The van der Waals surface area contributed by atoms with E-state index in [1.54, 1.807) is 6.20 Å². The van der Waals surface area contributed by atoms with Crippen molar-refractivity contribution < 1.29 is 0 Å². The van der Waals surface area contributed by atoms with Crippen molar-refractivity contribution in [3.05, 3.63) is 35.8 Å². The van der Waals surface area contributed by atoms with E-state index in [2.05, 4.69) is 28.0 Å². The third-order valence-corrected chi connectivity index (χ3v) is 3.09. The van der Waals surface area contributed by atoms with Gasteiger partial charge in [-0.2, -0.15) is 5.10 Å². The Morgan fingerprint density at radius 1 is 1.42 bits per heavy atom. The molecule has 0 bridgehead atoms. The van der Waals surface area contributed by atoms with Gasteiger partial charge in [0.2, 0.25) is 0 Å². The van der Waals surface area contributed by atoms with Gasteiger partial charge in [0.25, 0.3) is 0 Å². The van der Waals surface area contributed by atoms with Crippen molar-refractivity contribution in [2.24, 2.45) is 0 Å². The molecule has 0 amide bonds. The van der Waals surface area contributed by atoms with Gasteiger partial charge >= 0.3 is 0 Å². The van der Waals surface area contributed by atoms with Crippen LogP contribution in [0, 0.1) is 6.92 Å². The Morgan fingerprint density at radius 2 is 2.21 bits per heavy atom. The maximum atomic E-state index is 6.15. The number of anilines is 2. The van der Waals surface area contributed by atoms with Crippen LogP contribution < -0.4 is 10.6 Å². The molecule has 0 fully saturated rings. The summed E-state index contributed by atoms with van der Waals surface area (Å²) in [5, 5.41) is 4.50. The van der Waals surface area contributed by atoms with Gasteiger partial charge in [-0.25, -0.2) is 4.68 Å². The molecule has 0 saturated heterocycles. The predicted molar refractivity (Wildman–Crippen MR) is 78.0 cm³/mol. The number of pyridine rings is 1. The highest BCUT2D eigenvalue weighted by Crippen LogP contribution is 2.26. The summed E-state index contributed by atoms with van der Waals surface area (Å²) in [7, 11) is 2.03. The number of aromatic nitrogens is 3. The molecule has 0 radical (unpaired) electrons. The van der Waals surface area contributed by atoms with E-state index >= 15 is 0 Å². The summed E-state index contributed by atoms with van der Waals surface area (Å²) in [5.74, 6) is 0.989. The molecule has 2 aromatic heterocycles. The van der Waals surface area contributed by atoms with Gasteiger partial charge in [-0.3, -0.25) is 4.98 Å². The van der Waals surface area contributed by atoms with E-state index in [9.17, 15) is 0 Å². The van der Waals surface area contributed by atoms with Gasteiger partial charge in [0.1, 0.15) is 0 Å². The fraction of sp³-hybridized carbons (Fsp3) is 0.429. The number of rotatable bonds is 5. The Balaban J connectivity index is 2.25. The molecule has 2 heterocycles. The number of hydrogen-bond donors (Lipinski definition) is 1. The second-order valence-corrected chi connectivity index (χ2v) is 4.76. The molecule has 2 N–H and O–H groups in total. The lowest BCUT2D eigenvalue weighted by Crippen LogP contribution is -2.21. The van der Waals surface area contributed by atoms with Crippen LogP contribution in [0.25, 0.3) is 0 Å². The van der Waals surface area contributed by atoms with Crippen molar-refractivity contribution in [3.63, 3.8) is 0 Å². The summed E-state index contributed by atoms with van der Waals surface area (Å²) in [6, 6.07) is 4.01. The first-order valence-electron chi connectivity index (χ1n) is 6.56. The Labute approximate surface area is 114 Å². The quantitative estimate of drug-likeness (QED) is 0.894. The largest absolute Gasteiger partial charge is 0.394 e. The van der Waals surface area contributed by atoms with Crippen LogP contribution in [0.1, 0.15) is 24.6 Å². The molecule has 0 aromatic carbocycles. The molecular weight excluding hydrogens is 238 g/mol. The minimum absolute atomic E-state index is 0.764. The molecule has 0 saturated carbocycles. The summed E-state index contributed by atoms with van der Waals surface area (Å²) < 4.78 is 1.99. The second kappa shape index (κ2) is 5.73. The molecule has 0 aliphatic carbocycles. The minimum atomic E-state index is 0.764. The first-order valence-corrected chi connectivity index (χ1v) is 6.56. The van der Waals surface area contributed by atoms with E-state index in [1.807, 2.05) is 30.9 Å². The fourth-order valence-electron chi connectivity index (χ4n) is 2.19. The highest BCUT2D eigenvalue weighted by molar-refractivity contribution is 5.66. The maximum absolute atomic E-state index is 6.15. The number of nitrogens with two attached hydrogens (primary N) is 1. The second-order valence-electron chi connectivity index (χ2n) is 4.76. The molecule has 0 aliphatic rings. The van der Waals surface area contributed by atoms with Crippen LogP contribution in [0.2, 0.25) is 0 Å². The Kier molecular flexibility index (Phi) is 4.04. The smallest absolute Gasteiger partial charge is 0.150 e. The zero-order valence-electron chi connectivity index (χ0n) is 11.8. The predicted octanol–water partition coefficient (Wildman–Crippen LogP) is 2.22. The van der Waals surface area contributed by atoms with E-state index in [-0.39, 0.29) is 0 Å². The Morgan fingerprint density at radius 3 is 2.84 bits per heavy atom. The zero-order chi connectivity index (χ0) is 13.8. The van der Waals surface area contributed by atoms with Gasteiger partial charge in [0.05, 0.1) is 11.4 Å². The topological polar surface area (TPSA) is 60.0 Å². The van der Waals surface area contributed by atoms with Crippen molar-refractivity contribution in [2.75, 3.05) is 17.7 Å². The fourth-order valence-corrected chi connectivity index (χ4v) is 2.19. The third kappa shape index (κ3) is 2.86. The van der Waals surface area contributed by atoms with E-state index in [1.165, 1.54) is 0 Å². The lowest BCUT2D eigenvalue weighted by Gasteiger charge is -2.21. The minimum Gasteiger partial charge on any atom is -0.394 e. The lowest BCUT2D eigenvalue weighted by atomic mass is 10.2. The molecule has 0 aliphatic heterocycles.